The molecule has 1 atom stereocenters. The maximum absolute atomic E-state index is 12.2. The van der Waals surface area contributed by atoms with E-state index < -0.39 is 0 Å². The minimum atomic E-state index is -0.210. The second-order valence-corrected chi connectivity index (χ2v) is 5.93. The van der Waals surface area contributed by atoms with E-state index in [-0.39, 0.29) is 11.8 Å². The van der Waals surface area contributed by atoms with Crippen LogP contribution in [0.4, 0.5) is 0 Å². The summed E-state index contributed by atoms with van der Waals surface area (Å²) in [7, 11) is 0. The summed E-state index contributed by atoms with van der Waals surface area (Å²) in [5.41, 5.74) is 6.71. The Hall–Kier alpha value is -2.95. The van der Waals surface area contributed by atoms with Crippen molar-refractivity contribution >= 4 is 23.2 Å². The number of nitrogens with zero attached hydrogens (tertiary/aromatic N) is 3. The Morgan fingerprint density at radius 1 is 1.25 bits per heavy atom. The summed E-state index contributed by atoms with van der Waals surface area (Å²) in [6, 6.07) is 15.8. The summed E-state index contributed by atoms with van der Waals surface area (Å²) >= 11 is 0. The van der Waals surface area contributed by atoms with E-state index in [4.69, 9.17) is 0 Å². The van der Waals surface area contributed by atoms with Crippen LogP contribution in [-0.2, 0) is 11.3 Å². The van der Waals surface area contributed by atoms with E-state index in [1.165, 1.54) is 5.56 Å². The third kappa shape index (κ3) is 3.68. The van der Waals surface area contributed by atoms with Gasteiger partial charge in [-0.3, -0.25) is 4.79 Å². The number of amides is 1. The third-order valence-corrected chi connectivity index (χ3v) is 3.91. The van der Waals surface area contributed by atoms with Crippen molar-refractivity contribution in [3.8, 4) is 0 Å². The predicted molar refractivity (Wildman–Crippen MR) is 95.8 cm³/mol. The van der Waals surface area contributed by atoms with Crippen LogP contribution in [0.25, 0.3) is 11.0 Å². The van der Waals surface area contributed by atoms with Gasteiger partial charge in [-0.1, -0.05) is 48.9 Å². The first kappa shape index (κ1) is 15.9. The number of hydrogen-bond acceptors (Lipinski definition) is 3. The van der Waals surface area contributed by atoms with Gasteiger partial charge < -0.3 is 4.57 Å². The first-order valence-electron chi connectivity index (χ1n) is 7.93. The minimum Gasteiger partial charge on any atom is -0.330 e. The van der Waals surface area contributed by atoms with Gasteiger partial charge in [0.1, 0.15) is 0 Å². The van der Waals surface area contributed by atoms with Crippen LogP contribution in [0.1, 0.15) is 18.1 Å². The van der Waals surface area contributed by atoms with Gasteiger partial charge in [0.2, 0.25) is 5.91 Å². The maximum Gasteiger partial charge on any atom is 0.244 e. The summed E-state index contributed by atoms with van der Waals surface area (Å²) < 4.78 is 1.99. The lowest BCUT2D eigenvalue weighted by atomic mass is 10.1. The van der Waals surface area contributed by atoms with Gasteiger partial charge in [0, 0.05) is 6.54 Å². The average molecular weight is 320 g/mol. The molecule has 1 heterocycles. The van der Waals surface area contributed by atoms with Crippen LogP contribution < -0.4 is 5.43 Å². The van der Waals surface area contributed by atoms with Crippen LogP contribution >= 0.6 is 0 Å². The van der Waals surface area contributed by atoms with E-state index >= 15 is 0 Å². The van der Waals surface area contributed by atoms with Crippen LogP contribution in [-0.4, -0.2) is 21.7 Å². The number of fused-ring (bicyclic) bond motifs is 1. The molecule has 5 nitrogen and oxygen atoms in total. The predicted octanol–water partition coefficient (Wildman–Crippen LogP) is 3.13. The van der Waals surface area contributed by atoms with Crippen molar-refractivity contribution < 1.29 is 4.79 Å². The highest BCUT2D eigenvalue weighted by Crippen LogP contribution is 2.13. The molecule has 1 unspecified atom stereocenters. The van der Waals surface area contributed by atoms with E-state index in [1.54, 1.807) is 12.5 Å². The molecule has 0 fully saturated rings. The minimum absolute atomic E-state index is 0.115. The molecule has 0 aliphatic rings. The number of aromatic nitrogens is 2. The number of hydrogen-bond donors (Lipinski definition) is 1. The number of para-hydroxylation sites is 2. The molecule has 24 heavy (non-hydrogen) atoms. The fraction of sp³-hybridized carbons (Fsp3) is 0.211. The number of rotatable bonds is 5. The van der Waals surface area contributed by atoms with Gasteiger partial charge in [-0.2, -0.15) is 5.10 Å². The summed E-state index contributed by atoms with van der Waals surface area (Å²) in [6.45, 7) is 4.47. The van der Waals surface area contributed by atoms with Crippen LogP contribution in [0.5, 0.6) is 0 Å². The highest BCUT2D eigenvalue weighted by molar-refractivity contribution is 5.83. The SMILES string of the molecule is Cc1ccc(C=NNC(=O)C(C)Cn2cnc3ccccc32)cc1. The molecule has 122 valence electrons. The highest BCUT2D eigenvalue weighted by atomic mass is 16.2. The molecule has 0 saturated carbocycles. The van der Waals surface area contributed by atoms with E-state index in [9.17, 15) is 4.79 Å². The normalized spacial score (nSPS) is 12.6. The van der Waals surface area contributed by atoms with Gasteiger partial charge in [-0.25, -0.2) is 10.4 Å². The van der Waals surface area contributed by atoms with Crippen molar-refractivity contribution in [2.45, 2.75) is 20.4 Å². The van der Waals surface area contributed by atoms with E-state index in [1.807, 2.05) is 66.9 Å². The Morgan fingerprint density at radius 2 is 2.00 bits per heavy atom. The quantitative estimate of drug-likeness (QED) is 0.580. The summed E-state index contributed by atoms with van der Waals surface area (Å²) in [5.74, 6) is -0.325. The fourth-order valence-corrected chi connectivity index (χ4v) is 2.47. The second-order valence-electron chi connectivity index (χ2n) is 5.93. The molecule has 2 aromatic carbocycles. The molecule has 0 aliphatic heterocycles. The van der Waals surface area contributed by atoms with Crippen LogP contribution in [0.3, 0.4) is 0 Å². The molecule has 1 amide bonds. The molecule has 0 radical (unpaired) electrons. The van der Waals surface area contributed by atoms with Gasteiger partial charge in [0.15, 0.2) is 0 Å². The van der Waals surface area contributed by atoms with Gasteiger partial charge in [-0.15, -0.1) is 0 Å². The van der Waals surface area contributed by atoms with E-state index in [0.717, 1.165) is 16.6 Å². The Bertz CT molecular complexity index is 864. The molecule has 1 aromatic heterocycles. The summed E-state index contributed by atoms with van der Waals surface area (Å²) in [6.07, 6.45) is 3.42. The van der Waals surface area contributed by atoms with Crippen molar-refractivity contribution in [2.75, 3.05) is 0 Å². The molecule has 0 bridgehead atoms. The van der Waals surface area contributed by atoms with Crippen LogP contribution in [0, 0.1) is 12.8 Å². The van der Waals surface area contributed by atoms with Crippen molar-refractivity contribution in [1.29, 1.82) is 0 Å². The summed E-state index contributed by atoms with van der Waals surface area (Å²) in [4.78, 5) is 16.5. The number of imidazole rings is 1. The zero-order valence-electron chi connectivity index (χ0n) is 13.8. The molecular weight excluding hydrogens is 300 g/mol. The molecule has 3 aromatic rings. The standard InChI is InChI=1S/C19H20N4O/c1-14-7-9-16(10-8-14)11-21-22-19(24)15(2)12-23-13-20-17-5-3-4-6-18(17)23/h3-11,13,15H,12H2,1-2H3,(H,22,24). The molecular formula is C19H20N4O. The molecule has 0 spiro atoms. The second kappa shape index (κ2) is 7.08. The number of aryl methyl sites for hydroxylation is 1. The lowest BCUT2D eigenvalue weighted by Gasteiger charge is -2.11. The van der Waals surface area contributed by atoms with Crippen molar-refractivity contribution in [3.05, 3.63) is 66.0 Å². The topological polar surface area (TPSA) is 59.3 Å². The summed E-state index contributed by atoms with van der Waals surface area (Å²) in [5, 5.41) is 4.03. The Kier molecular flexibility index (Phi) is 4.70. The maximum atomic E-state index is 12.2. The first-order valence-corrected chi connectivity index (χ1v) is 7.93. The van der Waals surface area contributed by atoms with Crippen LogP contribution in [0.2, 0.25) is 0 Å². The lowest BCUT2D eigenvalue weighted by Crippen LogP contribution is -2.27. The molecule has 0 aliphatic carbocycles. The smallest absolute Gasteiger partial charge is 0.244 e. The number of nitrogens with one attached hydrogen (secondary N) is 1. The van der Waals surface area contributed by atoms with E-state index in [2.05, 4.69) is 15.5 Å². The van der Waals surface area contributed by atoms with Crippen molar-refractivity contribution in [3.63, 3.8) is 0 Å². The Morgan fingerprint density at radius 3 is 2.79 bits per heavy atom. The number of carbonyl (C=O) groups is 1. The molecule has 5 heteroatoms. The number of benzene rings is 2. The Balaban J connectivity index is 1.59. The fourth-order valence-electron chi connectivity index (χ4n) is 2.47. The average Bonchev–Trinajstić information content (AvgIpc) is 3.00. The highest BCUT2D eigenvalue weighted by Gasteiger charge is 2.14. The van der Waals surface area contributed by atoms with Crippen LogP contribution in [0.15, 0.2) is 60.0 Å². The van der Waals surface area contributed by atoms with Gasteiger partial charge in [-0.05, 0) is 24.6 Å². The molecule has 1 N–H and O–H groups in total. The molecule has 3 rings (SSSR count). The van der Waals surface area contributed by atoms with Gasteiger partial charge in [0.05, 0.1) is 29.5 Å². The monoisotopic (exact) mass is 320 g/mol. The third-order valence-electron chi connectivity index (χ3n) is 3.91. The van der Waals surface area contributed by atoms with Gasteiger partial charge in [0.25, 0.3) is 0 Å². The van der Waals surface area contributed by atoms with Gasteiger partial charge >= 0.3 is 0 Å². The zero-order valence-corrected chi connectivity index (χ0v) is 13.8. The lowest BCUT2D eigenvalue weighted by molar-refractivity contribution is -0.124. The Labute approximate surface area is 141 Å². The van der Waals surface area contributed by atoms with Crippen molar-refractivity contribution in [1.82, 2.24) is 15.0 Å². The molecule has 0 saturated heterocycles. The number of carbonyl (C=O) groups excluding carboxylic acids is 1. The first-order chi connectivity index (χ1) is 11.6. The largest absolute Gasteiger partial charge is 0.330 e. The van der Waals surface area contributed by atoms with Crippen molar-refractivity contribution in [2.24, 2.45) is 11.0 Å². The number of hydrazone groups is 1. The van der Waals surface area contributed by atoms with E-state index in [0.29, 0.717) is 6.54 Å². The zero-order chi connectivity index (χ0) is 16.9.